The van der Waals surface area contributed by atoms with E-state index >= 15 is 0 Å². The Hall–Kier alpha value is -4.54. The van der Waals surface area contributed by atoms with Crippen LogP contribution in [0, 0.1) is 0 Å². The van der Waals surface area contributed by atoms with Crippen molar-refractivity contribution < 1.29 is 9.53 Å². The highest BCUT2D eigenvalue weighted by atomic mass is 35.5. The second kappa shape index (κ2) is 11.9. The molecule has 10 nitrogen and oxygen atoms in total. The number of nitrogens with zero attached hydrogens (tertiary/aromatic N) is 6. The number of H-pyrrole nitrogens is 1. The minimum atomic E-state index is -0.500. The van der Waals surface area contributed by atoms with Gasteiger partial charge in [0.25, 0.3) is 0 Å². The molecule has 3 aromatic heterocycles. The predicted molar refractivity (Wildman–Crippen MR) is 148 cm³/mol. The quantitative estimate of drug-likeness (QED) is 0.246. The van der Waals surface area contributed by atoms with E-state index in [9.17, 15) is 4.79 Å². The van der Waals surface area contributed by atoms with Crippen molar-refractivity contribution in [3.8, 4) is 22.8 Å². The molecule has 2 N–H and O–H groups in total. The summed E-state index contributed by atoms with van der Waals surface area (Å²) in [4.78, 5) is 25.2. The van der Waals surface area contributed by atoms with Gasteiger partial charge in [0.2, 0.25) is 11.8 Å². The summed E-state index contributed by atoms with van der Waals surface area (Å²) in [5, 5.41) is 15.2. The largest absolute Gasteiger partial charge is 0.481 e. The van der Waals surface area contributed by atoms with Crippen LogP contribution in [0.3, 0.4) is 0 Å². The number of hydrogen-bond donors (Lipinski definition) is 2. The van der Waals surface area contributed by atoms with Gasteiger partial charge >= 0.3 is 0 Å². The van der Waals surface area contributed by atoms with Crippen molar-refractivity contribution in [2.24, 2.45) is 0 Å². The number of rotatable bonds is 9. The van der Waals surface area contributed by atoms with Gasteiger partial charge in [0.05, 0.1) is 18.8 Å². The maximum absolute atomic E-state index is 13.1. The molecule has 0 saturated carbocycles. The highest BCUT2D eigenvalue weighted by Gasteiger charge is 2.21. The summed E-state index contributed by atoms with van der Waals surface area (Å²) in [6, 6.07) is 18.1. The minimum Gasteiger partial charge on any atom is -0.481 e. The lowest BCUT2D eigenvalue weighted by Gasteiger charge is -2.16. The Bertz CT molecular complexity index is 1590. The average Bonchev–Trinajstić information content (AvgIpc) is 3.62. The first-order valence-electron chi connectivity index (χ1n) is 11.8. The van der Waals surface area contributed by atoms with E-state index in [1.165, 1.54) is 17.1 Å². The Morgan fingerprint density at radius 1 is 1.15 bits per heavy atom. The van der Waals surface area contributed by atoms with E-state index in [0.29, 0.717) is 50.8 Å². The highest BCUT2D eigenvalue weighted by Crippen LogP contribution is 2.29. The average molecular weight is 561 g/mol. The van der Waals surface area contributed by atoms with Crippen molar-refractivity contribution in [3.63, 3.8) is 0 Å². The number of pyridine rings is 1. The molecule has 0 aliphatic carbocycles. The molecule has 12 heteroatoms. The topological polar surface area (TPSA) is 123 Å². The molecule has 196 valence electrons. The van der Waals surface area contributed by atoms with E-state index in [1.807, 2.05) is 36.4 Å². The van der Waals surface area contributed by atoms with Gasteiger partial charge in [0.15, 0.2) is 0 Å². The van der Waals surface area contributed by atoms with E-state index < -0.39 is 6.04 Å². The molecule has 2 aromatic carbocycles. The number of imidazole rings is 1. The maximum Gasteiger partial charge on any atom is 0.244 e. The molecule has 1 amide bonds. The van der Waals surface area contributed by atoms with Gasteiger partial charge in [-0.1, -0.05) is 53.5 Å². The van der Waals surface area contributed by atoms with Crippen molar-refractivity contribution in [2.45, 2.75) is 12.5 Å². The van der Waals surface area contributed by atoms with E-state index in [0.717, 1.165) is 5.56 Å². The third-order valence-electron chi connectivity index (χ3n) is 5.83. The van der Waals surface area contributed by atoms with Gasteiger partial charge in [0.1, 0.15) is 23.0 Å². The van der Waals surface area contributed by atoms with E-state index in [4.69, 9.17) is 32.9 Å². The number of amides is 1. The lowest BCUT2D eigenvalue weighted by molar-refractivity contribution is -0.117. The fourth-order valence-corrected chi connectivity index (χ4v) is 4.39. The number of carbonyl (C=O) groups excluding carboxylic acids is 1. The highest BCUT2D eigenvalue weighted by molar-refractivity contribution is 6.32. The fraction of sp³-hybridized carbons (Fsp3) is 0.111. The van der Waals surface area contributed by atoms with Crippen molar-refractivity contribution in [3.05, 3.63) is 106 Å². The van der Waals surface area contributed by atoms with Gasteiger partial charge < -0.3 is 15.0 Å². The zero-order chi connectivity index (χ0) is 27.2. The maximum atomic E-state index is 13.1. The summed E-state index contributed by atoms with van der Waals surface area (Å²) in [6.07, 6.45) is 6.66. The van der Waals surface area contributed by atoms with Gasteiger partial charge in [0, 0.05) is 34.5 Å². The van der Waals surface area contributed by atoms with Crippen LogP contribution in [0.5, 0.6) is 5.88 Å². The molecule has 0 spiro atoms. The van der Waals surface area contributed by atoms with Crippen molar-refractivity contribution in [1.82, 2.24) is 40.5 Å². The Labute approximate surface area is 233 Å². The number of ether oxygens (including phenoxy) is 1. The normalized spacial score (nSPS) is 12.0. The standard InChI is InChI=1S/C27H22Cl2N8O2/c1-39-24-12-8-19(15-30-24)25-26(29)34-27(33-25)21(13-17-5-3-2-4-6-17)32-23(38)11-7-18-14-20(28)9-10-22(18)37-16-31-35-36-37/h2-12,14-16,21H,13H2,1H3,(H,32,38)(H,33,34)/t21-/m0/s1. The third-order valence-corrected chi connectivity index (χ3v) is 6.33. The monoisotopic (exact) mass is 560 g/mol. The van der Waals surface area contributed by atoms with E-state index in [1.54, 1.807) is 43.6 Å². The van der Waals surface area contributed by atoms with Crippen molar-refractivity contribution in [1.29, 1.82) is 0 Å². The molecule has 0 saturated heterocycles. The number of halogens is 2. The number of aromatic amines is 1. The molecular formula is C27H22Cl2N8O2. The van der Waals surface area contributed by atoms with Gasteiger partial charge in [-0.2, -0.15) is 4.68 Å². The minimum absolute atomic E-state index is 0.334. The zero-order valence-corrected chi connectivity index (χ0v) is 22.1. The smallest absolute Gasteiger partial charge is 0.244 e. The summed E-state index contributed by atoms with van der Waals surface area (Å²) >= 11 is 12.7. The molecular weight excluding hydrogens is 539 g/mol. The molecule has 39 heavy (non-hydrogen) atoms. The van der Waals surface area contributed by atoms with E-state index in [2.05, 4.69) is 30.8 Å². The van der Waals surface area contributed by atoms with Crippen LogP contribution in [0.2, 0.25) is 10.2 Å². The van der Waals surface area contributed by atoms with Crippen LogP contribution >= 0.6 is 23.2 Å². The van der Waals surface area contributed by atoms with Gasteiger partial charge in [-0.3, -0.25) is 4.79 Å². The first kappa shape index (κ1) is 26.1. The number of tetrazole rings is 1. The van der Waals surface area contributed by atoms with Crippen molar-refractivity contribution >= 4 is 35.2 Å². The molecule has 0 fully saturated rings. The third kappa shape index (κ3) is 6.31. The Morgan fingerprint density at radius 2 is 2.00 bits per heavy atom. The molecule has 0 aliphatic rings. The Kier molecular flexibility index (Phi) is 7.95. The second-order valence-corrected chi connectivity index (χ2v) is 9.23. The SMILES string of the molecule is COc1ccc(-c2nc([C@H](Cc3ccccc3)NC(=O)C=Cc3cc(Cl)ccc3-n3cnnn3)[nH]c2Cl)cn1. The summed E-state index contributed by atoms with van der Waals surface area (Å²) in [5.41, 5.74) is 3.59. The Morgan fingerprint density at radius 3 is 2.72 bits per heavy atom. The molecule has 3 heterocycles. The second-order valence-electron chi connectivity index (χ2n) is 8.42. The van der Waals surface area contributed by atoms with Crippen LogP contribution in [0.25, 0.3) is 23.0 Å². The van der Waals surface area contributed by atoms with Crippen LogP contribution < -0.4 is 10.1 Å². The van der Waals surface area contributed by atoms with E-state index in [-0.39, 0.29) is 5.91 Å². The molecule has 5 rings (SSSR count). The molecule has 0 radical (unpaired) electrons. The molecule has 5 aromatic rings. The number of carbonyl (C=O) groups is 1. The fourth-order valence-electron chi connectivity index (χ4n) is 3.96. The molecule has 0 unspecified atom stereocenters. The predicted octanol–water partition coefficient (Wildman–Crippen LogP) is 4.88. The molecule has 0 bridgehead atoms. The van der Waals surface area contributed by atoms with Crippen LogP contribution in [0.4, 0.5) is 0 Å². The van der Waals surface area contributed by atoms with Crippen LogP contribution in [-0.2, 0) is 11.2 Å². The summed E-state index contributed by atoms with van der Waals surface area (Å²) in [7, 11) is 1.55. The number of hydrogen-bond acceptors (Lipinski definition) is 7. The lowest BCUT2D eigenvalue weighted by Crippen LogP contribution is -2.29. The summed E-state index contributed by atoms with van der Waals surface area (Å²) < 4.78 is 6.63. The van der Waals surface area contributed by atoms with Gasteiger partial charge in [-0.25, -0.2) is 9.97 Å². The number of methoxy groups -OCH3 is 1. The Balaban J connectivity index is 1.41. The molecule has 1 atom stereocenters. The lowest BCUT2D eigenvalue weighted by atomic mass is 10.1. The molecule has 0 aliphatic heterocycles. The zero-order valence-electron chi connectivity index (χ0n) is 20.6. The first-order chi connectivity index (χ1) is 19.0. The van der Waals surface area contributed by atoms with Crippen LogP contribution in [0.15, 0.2) is 79.3 Å². The van der Waals surface area contributed by atoms with Crippen LogP contribution in [0.1, 0.15) is 23.0 Å². The summed E-state index contributed by atoms with van der Waals surface area (Å²) in [6.45, 7) is 0. The number of aromatic nitrogens is 7. The first-order valence-corrected chi connectivity index (χ1v) is 12.6. The van der Waals surface area contributed by atoms with Crippen LogP contribution in [-0.4, -0.2) is 48.2 Å². The number of nitrogens with one attached hydrogen (secondary N) is 2. The number of benzene rings is 2. The van der Waals surface area contributed by atoms with Gasteiger partial charge in [-0.15, -0.1) is 5.10 Å². The van der Waals surface area contributed by atoms with Gasteiger partial charge in [-0.05, 0) is 52.8 Å². The summed E-state index contributed by atoms with van der Waals surface area (Å²) in [5.74, 6) is 0.655. The van der Waals surface area contributed by atoms with Crippen molar-refractivity contribution in [2.75, 3.05) is 7.11 Å².